The number of nitrogens with zero attached hydrogens (tertiary/aromatic N) is 9. The molecule has 0 aliphatic rings. The van der Waals surface area contributed by atoms with Crippen molar-refractivity contribution in [3.63, 3.8) is 0 Å². The standard InChI is InChI=1S/C17H17F3N6O3S.C15H17FN8O2S.CH4.BI/c1-30(27,28)23-7-6-13(10-2-4-12(18)5-3-10)24-17-21-8-11(9-22-17)15-25-26-16(29-15)14(19)20;1-27(25,26)19-7-6-13(10-2-4-12(16)5-3-10)20-15-17-8-11(9-18-15)14-21-23-24-22-14;;1-2/h2-5,8-9,13-14,23H,6-7H2,1H3,(H,21,22,24);2-5,8-9,13,19H,6-7H2,1H3,(H,17,18,20)(H,21,22,23,24);1H4;. The Kier molecular flexibility index (Phi) is 19.2. The van der Waals surface area contributed by atoms with E-state index in [-0.39, 0.29) is 49.8 Å². The number of nitrogens with one attached hydrogen (secondary N) is 5. The number of H-pyrrole nitrogens is 1. The summed E-state index contributed by atoms with van der Waals surface area (Å²) in [5, 5.41) is 26.4. The molecule has 0 saturated carbocycles. The van der Waals surface area contributed by atoms with E-state index in [1.165, 1.54) is 49.1 Å². The molecule has 60 heavy (non-hydrogen) atoms. The van der Waals surface area contributed by atoms with Crippen LogP contribution in [0.2, 0.25) is 0 Å². The first-order valence-electron chi connectivity index (χ1n) is 16.8. The summed E-state index contributed by atoms with van der Waals surface area (Å²) < 4.78 is 106. The van der Waals surface area contributed by atoms with E-state index < -0.39 is 44.2 Å². The zero-order chi connectivity index (χ0) is 43.0. The first-order valence-corrected chi connectivity index (χ1v) is 21.8. The molecule has 0 amide bonds. The number of sulfonamides is 2. The zero-order valence-electron chi connectivity index (χ0n) is 30.8. The minimum Gasteiger partial charge on any atom is -0.415 e. The lowest BCUT2D eigenvalue weighted by Crippen LogP contribution is -2.26. The quantitative estimate of drug-likeness (QED) is 0.0470. The zero-order valence-corrected chi connectivity index (χ0v) is 34.6. The number of benzene rings is 2. The molecule has 4 aromatic heterocycles. The van der Waals surface area contributed by atoms with Gasteiger partial charge in [0.05, 0.1) is 35.7 Å². The van der Waals surface area contributed by atoms with Gasteiger partial charge in [0.15, 0.2) is 5.70 Å². The number of hydrogen-bond acceptors (Lipinski definition) is 16. The van der Waals surface area contributed by atoms with Gasteiger partial charge in [-0.05, 0) is 53.4 Å². The highest BCUT2D eigenvalue weighted by molar-refractivity contribution is 14.1. The fourth-order valence-electron chi connectivity index (χ4n) is 4.88. The summed E-state index contributed by atoms with van der Waals surface area (Å²) in [6.45, 7) is 0.333. The second-order valence-electron chi connectivity index (χ2n) is 12.0. The van der Waals surface area contributed by atoms with Crippen LogP contribution in [-0.4, -0.2) is 98.9 Å². The highest BCUT2D eigenvalue weighted by atomic mass is 127. The molecule has 2 atom stereocenters. The lowest BCUT2D eigenvalue weighted by molar-refractivity contribution is 0.116. The molecule has 0 aliphatic heterocycles. The van der Waals surface area contributed by atoms with Crippen molar-refractivity contribution in [2.24, 2.45) is 0 Å². The SMILES string of the molecule is C.CS(=O)(=O)NCCC(Nc1ncc(-c2nn[nH]n2)cn1)c1ccc(F)cc1.CS(=O)(=O)NCCC(Nc1ncc(-c2nnc(C(F)F)o2)cn1)c1ccc(F)cc1.[B]I. The molecule has 2 aromatic carbocycles. The normalized spacial score (nSPS) is 12.2. The Hall–Kier alpha value is -5.26. The summed E-state index contributed by atoms with van der Waals surface area (Å²) >= 11 is 1.65. The van der Waals surface area contributed by atoms with Crippen molar-refractivity contribution in [2.45, 2.75) is 38.8 Å². The summed E-state index contributed by atoms with van der Waals surface area (Å²) in [6.07, 6.45) is 5.69. The third-order valence-corrected chi connectivity index (χ3v) is 8.98. The summed E-state index contributed by atoms with van der Waals surface area (Å²) in [4.78, 5) is 16.6. The largest absolute Gasteiger partial charge is 0.415 e. The van der Waals surface area contributed by atoms with Gasteiger partial charge in [0, 0.05) is 37.9 Å². The van der Waals surface area contributed by atoms with Crippen LogP contribution in [0.15, 0.2) is 77.7 Å². The van der Waals surface area contributed by atoms with Gasteiger partial charge in [0.2, 0.25) is 37.8 Å². The number of tetrazole rings is 1. The molecule has 0 spiro atoms. The molecule has 2 unspecified atom stereocenters. The number of halogens is 5. The molecule has 19 nitrogen and oxygen atoms in total. The lowest BCUT2D eigenvalue weighted by Gasteiger charge is -2.19. The third-order valence-electron chi connectivity index (χ3n) is 7.53. The number of alkyl halides is 2. The molecule has 320 valence electrons. The van der Waals surface area contributed by atoms with Crippen molar-refractivity contribution in [1.82, 2.24) is 60.2 Å². The van der Waals surface area contributed by atoms with Crippen molar-refractivity contribution in [1.29, 1.82) is 0 Å². The van der Waals surface area contributed by atoms with Crippen molar-refractivity contribution in [2.75, 3.05) is 36.2 Å². The van der Waals surface area contributed by atoms with Crippen LogP contribution in [0.4, 0.5) is 29.5 Å². The van der Waals surface area contributed by atoms with Crippen LogP contribution < -0.4 is 20.1 Å². The average molecular weight is 989 g/mol. The second-order valence-corrected chi connectivity index (χ2v) is 15.6. The first kappa shape index (κ1) is 49.1. The highest BCUT2D eigenvalue weighted by Gasteiger charge is 2.19. The molecule has 2 radical (unpaired) electrons. The van der Waals surface area contributed by atoms with Gasteiger partial charge in [-0.3, -0.25) is 0 Å². The maximum Gasteiger partial charge on any atom is 0.314 e. The number of anilines is 2. The molecule has 5 N–H and O–H groups in total. The Balaban J connectivity index is 0.000000304. The first-order chi connectivity index (χ1) is 28.1. The van der Waals surface area contributed by atoms with Crippen molar-refractivity contribution in [3.8, 4) is 22.8 Å². The van der Waals surface area contributed by atoms with Crippen molar-refractivity contribution < 1.29 is 38.8 Å². The summed E-state index contributed by atoms with van der Waals surface area (Å²) in [5.41, 5.74) is 6.77. The maximum absolute atomic E-state index is 13.2. The van der Waals surface area contributed by atoms with Gasteiger partial charge in [-0.2, -0.15) is 36.4 Å². The van der Waals surface area contributed by atoms with E-state index in [0.717, 1.165) is 18.1 Å². The minimum absolute atomic E-state index is 0. The van der Waals surface area contributed by atoms with Crippen LogP contribution in [0.5, 0.6) is 0 Å². The highest BCUT2D eigenvalue weighted by Crippen LogP contribution is 2.25. The van der Waals surface area contributed by atoms with Gasteiger partial charge in [-0.25, -0.2) is 55.0 Å². The molecule has 0 fully saturated rings. The second kappa shape index (κ2) is 23.5. The van der Waals surface area contributed by atoms with E-state index >= 15 is 0 Å². The Labute approximate surface area is 357 Å². The van der Waals surface area contributed by atoms with E-state index in [0.29, 0.717) is 35.7 Å². The average Bonchev–Trinajstić information content (AvgIpc) is 3.93. The van der Waals surface area contributed by atoms with Crippen molar-refractivity contribution >= 4 is 60.0 Å². The summed E-state index contributed by atoms with van der Waals surface area (Å²) in [7, 11) is -6.67. The number of aromatic amines is 1. The van der Waals surface area contributed by atoms with Gasteiger partial charge in [-0.1, -0.05) is 31.7 Å². The van der Waals surface area contributed by atoms with E-state index in [4.69, 9.17) is 4.42 Å². The Bertz CT molecular complexity index is 2390. The third kappa shape index (κ3) is 16.4. The minimum atomic E-state index is -3.37. The Morgan fingerprint density at radius 2 is 1.13 bits per heavy atom. The fraction of sp³-hybridized carbons (Fsp3) is 0.303. The molecule has 0 saturated heterocycles. The van der Waals surface area contributed by atoms with Gasteiger partial charge >= 0.3 is 6.43 Å². The monoisotopic (exact) mass is 988 g/mol. The van der Waals surface area contributed by atoms with Crippen LogP contribution in [0.3, 0.4) is 0 Å². The predicted octanol–water partition coefficient (Wildman–Crippen LogP) is 4.73. The maximum atomic E-state index is 13.2. The molecule has 27 heteroatoms. The molecule has 4 heterocycles. The van der Waals surface area contributed by atoms with Crippen LogP contribution in [0, 0.1) is 11.6 Å². The predicted molar refractivity (Wildman–Crippen MR) is 222 cm³/mol. The van der Waals surface area contributed by atoms with E-state index in [9.17, 15) is 34.4 Å². The lowest BCUT2D eigenvalue weighted by atomic mass is 10.0. The van der Waals surface area contributed by atoms with E-state index in [1.54, 1.807) is 46.6 Å². The van der Waals surface area contributed by atoms with Crippen LogP contribution >= 0.6 is 22.4 Å². The fourth-order valence-corrected chi connectivity index (χ4v) is 5.86. The van der Waals surface area contributed by atoms with Gasteiger partial charge in [0.25, 0.3) is 11.8 Å². The Morgan fingerprint density at radius 1 is 0.700 bits per heavy atom. The molecular formula is C33H38BF4IN14O5S2. The molecule has 0 bridgehead atoms. The molecule has 0 aliphatic carbocycles. The van der Waals surface area contributed by atoms with E-state index in [1.807, 2.05) is 0 Å². The molecular weight excluding hydrogens is 950 g/mol. The van der Waals surface area contributed by atoms with E-state index in [2.05, 4.69) is 76.5 Å². The van der Waals surface area contributed by atoms with Crippen LogP contribution in [-0.2, 0) is 20.0 Å². The van der Waals surface area contributed by atoms with Gasteiger partial charge in [0.1, 0.15) is 11.6 Å². The molecule has 6 aromatic rings. The van der Waals surface area contributed by atoms with Crippen molar-refractivity contribution in [3.05, 3.63) is 102 Å². The smallest absolute Gasteiger partial charge is 0.314 e. The molecule has 6 rings (SSSR count). The van der Waals surface area contributed by atoms with Crippen LogP contribution in [0.25, 0.3) is 22.8 Å². The summed E-state index contributed by atoms with van der Waals surface area (Å²) in [5.74, 6) is -0.834. The summed E-state index contributed by atoms with van der Waals surface area (Å²) in [6, 6.07) is 10.9. The van der Waals surface area contributed by atoms with Crippen LogP contribution in [0.1, 0.15) is 55.8 Å². The van der Waals surface area contributed by atoms with Gasteiger partial charge in [-0.15, -0.1) is 20.4 Å². The van der Waals surface area contributed by atoms with Gasteiger partial charge < -0.3 is 15.1 Å². The number of hydrogen-bond donors (Lipinski definition) is 5. The Morgan fingerprint density at radius 3 is 1.50 bits per heavy atom. The number of rotatable bonds is 17. The number of aromatic nitrogens is 10. The topological polar surface area (TPSA) is 261 Å².